The van der Waals surface area contributed by atoms with E-state index >= 15 is 0 Å². The van der Waals surface area contributed by atoms with Crippen LogP contribution in [0.2, 0.25) is 0 Å². The monoisotopic (exact) mass is 327 g/mol. The van der Waals surface area contributed by atoms with Crippen molar-refractivity contribution in [1.82, 2.24) is 14.4 Å². The second-order valence-corrected chi connectivity index (χ2v) is 6.22. The van der Waals surface area contributed by atoms with E-state index in [4.69, 9.17) is 0 Å². The van der Waals surface area contributed by atoms with Gasteiger partial charge < -0.3 is 0 Å². The second kappa shape index (κ2) is 4.80. The Morgan fingerprint density at radius 2 is 1.59 bits per heavy atom. The van der Waals surface area contributed by atoms with Gasteiger partial charge in [-0.05, 0) is 36.4 Å². The van der Waals surface area contributed by atoms with Crippen LogP contribution in [0.1, 0.15) is 5.56 Å². The summed E-state index contributed by atoms with van der Waals surface area (Å²) in [5.41, 5.74) is -0.296. The van der Waals surface area contributed by atoms with Gasteiger partial charge >= 0.3 is 6.18 Å². The molecule has 9 heteroatoms. The highest BCUT2D eigenvalue weighted by atomic mass is 32.2. The Morgan fingerprint density at radius 3 is 2.23 bits per heavy atom. The van der Waals surface area contributed by atoms with Gasteiger partial charge in [0, 0.05) is 0 Å². The van der Waals surface area contributed by atoms with Crippen molar-refractivity contribution < 1.29 is 21.6 Å². The SMILES string of the molecule is O=S(=O)(c1ccc(C(F)(F)F)cc1)n1nnc2ccccc21. The molecule has 3 aromatic rings. The maximum atomic E-state index is 12.5. The maximum absolute atomic E-state index is 12.5. The van der Waals surface area contributed by atoms with Crippen molar-refractivity contribution in [3.05, 3.63) is 54.1 Å². The molecule has 2 aromatic carbocycles. The lowest BCUT2D eigenvalue weighted by atomic mass is 10.2. The Labute approximate surface area is 123 Å². The molecule has 3 rings (SSSR count). The zero-order valence-electron chi connectivity index (χ0n) is 10.8. The lowest BCUT2D eigenvalue weighted by Gasteiger charge is -2.08. The number of nitrogens with zero attached hydrogens (tertiary/aromatic N) is 3. The van der Waals surface area contributed by atoms with Crippen molar-refractivity contribution >= 4 is 21.1 Å². The molecule has 5 nitrogen and oxygen atoms in total. The van der Waals surface area contributed by atoms with Crippen molar-refractivity contribution in [2.75, 3.05) is 0 Å². The molecule has 0 fully saturated rings. The molecular weight excluding hydrogens is 319 g/mol. The number of fused-ring (bicyclic) bond motifs is 1. The van der Waals surface area contributed by atoms with Crippen LogP contribution in [0.4, 0.5) is 13.2 Å². The Balaban J connectivity index is 2.10. The highest BCUT2D eigenvalue weighted by molar-refractivity contribution is 7.90. The Morgan fingerprint density at radius 1 is 0.955 bits per heavy atom. The van der Waals surface area contributed by atoms with Crippen LogP contribution in [-0.4, -0.2) is 22.8 Å². The van der Waals surface area contributed by atoms with Gasteiger partial charge in [0.25, 0.3) is 10.0 Å². The predicted octanol–water partition coefficient (Wildman–Crippen LogP) is 2.69. The summed E-state index contributed by atoms with van der Waals surface area (Å²) in [6.45, 7) is 0. The van der Waals surface area contributed by atoms with Crippen LogP contribution in [-0.2, 0) is 16.2 Å². The third-order valence-corrected chi connectivity index (χ3v) is 4.62. The largest absolute Gasteiger partial charge is 0.416 e. The van der Waals surface area contributed by atoms with Gasteiger partial charge in [-0.2, -0.15) is 21.6 Å². The average molecular weight is 327 g/mol. The van der Waals surface area contributed by atoms with E-state index in [1.54, 1.807) is 18.2 Å². The normalized spacial score (nSPS) is 12.7. The maximum Gasteiger partial charge on any atom is 0.416 e. The number of hydrogen-bond acceptors (Lipinski definition) is 4. The van der Waals surface area contributed by atoms with E-state index in [2.05, 4.69) is 10.3 Å². The molecular formula is C13H8F3N3O2S. The molecule has 0 aliphatic heterocycles. The van der Waals surface area contributed by atoms with Crippen LogP contribution >= 0.6 is 0 Å². The topological polar surface area (TPSA) is 64.8 Å². The molecule has 0 unspecified atom stereocenters. The Bertz CT molecular complexity index is 931. The first-order valence-electron chi connectivity index (χ1n) is 6.03. The highest BCUT2D eigenvalue weighted by Crippen LogP contribution is 2.30. The smallest absolute Gasteiger partial charge is 0.199 e. The highest BCUT2D eigenvalue weighted by Gasteiger charge is 2.31. The third kappa shape index (κ3) is 2.33. The van der Waals surface area contributed by atoms with E-state index < -0.39 is 21.8 Å². The minimum Gasteiger partial charge on any atom is -0.199 e. The van der Waals surface area contributed by atoms with E-state index in [-0.39, 0.29) is 10.4 Å². The van der Waals surface area contributed by atoms with Crippen molar-refractivity contribution in [3.8, 4) is 0 Å². The first-order valence-corrected chi connectivity index (χ1v) is 7.47. The molecule has 114 valence electrons. The standard InChI is InChI=1S/C13H8F3N3O2S/c14-13(15,16)9-5-7-10(8-6-9)22(20,21)19-12-4-2-1-3-11(12)17-18-19/h1-8H. The summed E-state index contributed by atoms with van der Waals surface area (Å²) in [7, 11) is -4.11. The molecule has 0 spiro atoms. The first-order chi connectivity index (χ1) is 10.3. The van der Waals surface area contributed by atoms with Gasteiger partial charge in [-0.25, -0.2) is 0 Å². The van der Waals surface area contributed by atoms with Crippen molar-refractivity contribution in [3.63, 3.8) is 0 Å². The van der Waals surface area contributed by atoms with Crippen LogP contribution < -0.4 is 0 Å². The number of benzene rings is 2. The molecule has 0 amide bonds. The number of aromatic nitrogens is 3. The van der Waals surface area contributed by atoms with Gasteiger partial charge in [0.15, 0.2) is 0 Å². The van der Waals surface area contributed by atoms with Gasteiger partial charge in [0.1, 0.15) is 11.0 Å². The van der Waals surface area contributed by atoms with E-state index in [9.17, 15) is 21.6 Å². The van der Waals surface area contributed by atoms with Crippen molar-refractivity contribution in [2.45, 2.75) is 11.1 Å². The zero-order valence-corrected chi connectivity index (χ0v) is 11.6. The summed E-state index contributed by atoms with van der Waals surface area (Å²) >= 11 is 0. The fourth-order valence-corrected chi connectivity index (χ4v) is 3.17. The predicted molar refractivity (Wildman–Crippen MR) is 71.6 cm³/mol. The van der Waals surface area contributed by atoms with Crippen LogP contribution in [0.15, 0.2) is 53.4 Å². The van der Waals surface area contributed by atoms with E-state index in [1.807, 2.05) is 0 Å². The molecule has 0 aliphatic carbocycles. The number of halogens is 3. The van der Waals surface area contributed by atoms with Gasteiger partial charge in [0.05, 0.1) is 10.5 Å². The molecule has 0 saturated heterocycles. The lowest BCUT2D eigenvalue weighted by Crippen LogP contribution is -2.15. The van der Waals surface area contributed by atoms with Crippen LogP contribution in [0.3, 0.4) is 0 Å². The number of para-hydroxylation sites is 1. The second-order valence-electron chi connectivity index (χ2n) is 4.45. The molecule has 0 aliphatic rings. The fourth-order valence-electron chi connectivity index (χ4n) is 1.94. The fraction of sp³-hybridized carbons (Fsp3) is 0.0769. The number of hydrogen-bond donors (Lipinski definition) is 0. The molecule has 0 N–H and O–H groups in total. The van der Waals surface area contributed by atoms with Crippen LogP contribution in [0, 0.1) is 0 Å². The van der Waals surface area contributed by atoms with Crippen molar-refractivity contribution in [2.24, 2.45) is 0 Å². The first kappa shape index (κ1) is 14.5. The van der Waals surface area contributed by atoms with Crippen LogP contribution in [0.5, 0.6) is 0 Å². The molecule has 0 bridgehead atoms. The van der Waals surface area contributed by atoms with Gasteiger partial charge in [-0.15, -0.1) is 9.19 Å². The van der Waals surface area contributed by atoms with Crippen LogP contribution in [0.25, 0.3) is 11.0 Å². The number of rotatable bonds is 2. The summed E-state index contributed by atoms with van der Waals surface area (Å²) < 4.78 is 63.2. The lowest BCUT2D eigenvalue weighted by molar-refractivity contribution is -0.137. The van der Waals surface area contributed by atoms with Crippen molar-refractivity contribution in [1.29, 1.82) is 0 Å². The molecule has 1 heterocycles. The van der Waals surface area contributed by atoms with Gasteiger partial charge in [0.2, 0.25) is 0 Å². The summed E-state index contributed by atoms with van der Waals surface area (Å²) in [6.07, 6.45) is -4.53. The molecule has 0 saturated carbocycles. The van der Waals surface area contributed by atoms with E-state index in [1.165, 1.54) is 6.07 Å². The summed E-state index contributed by atoms with van der Waals surface area (Å²) in [6, 6.07) is 9.61. The van der Waals surface area contributed by atoms with E-state index in [0.717, 1.165) is 12.1 Å². The Kier molecular flexibility index (Phi) is 3.17. The molecule has 1 aromatic heterocycles. The molecule has 0 atom stereocenters. The zero-order chi connectivity index (χ0) is 16.0. The third-order valence-electron chi connectivity index (χ3n) is 3.03. The average Bonchev–Trinajstić information content (AvgIpc) is 2.91. The quantitative estimate of drug-likeness (QED) is 0.726. The minimum absolute atomic E-state index is 0.252. The van der Waals surface area contributed by atoms with Gasteiger partial charge in [-0.1, -0.05) is 17.3 Å². The summed E-state index contributed by atoms with van der Waals surface area (Å²) in [5, 5.41) is 7.29. The number of alkyl halides is 3. The Hall–Kier alpha value is -2.42. The minimum atomic E-state index is -4.53. The molecule has 22 heavy (non-hydrogen) atoms. The summed E-state index contributed by atoms with van der Waals surface area (Å²) in [4.78, 5) is -0.295. The molecule has 0 radical (unpaired) electrons. The van der Waals surface area contributed by atoms with Gasteiger partial charge in [-0.3, -0.25) is 0 Å². The summed E-state index contributed by atoms with van der Waals surface area (Å²) in [5.74, 6) is 0. The van der Waals surface area contributed by atoms with E-state index in [0.29, 0.717) is 21.7 Å².